The van der Waals surface area contributed by atoms with Crippen molar-refractivity contribution in [1.29, 1.82) is 0 Å². The summed E-state index contributed by atoms with van der Waals surface area (Å²) < 4.78 is 13.2. The van der Waals surface area contributed by atoms with Crippen LogP contribution in [0.1, 0.15) is 119 Å². The van der Waals surface area contributed by atoms with E-state index in [0.717, 1.165) is 38.5 Å². The summed E-state index contributed by atoms with van der Waals surface area (Å²) in [7, 11) is 0. The number of hydrogen-bond donors (Lipinski definition) is 5. The van der Waals surface area contributed by atoms with Gasteiger partial charge in [-0.25, -0.2) is 4.84 Å². The minimum atomic E-state index is -1.02. The molecule has 5 N–H and O–H groups in total. The molecule has 13 atom stereocenters. The van der Waals surface area contributed by atoms with Crippen LogP contribution in [0.3, 0.4) is 0 Å². The second-order valence-corrected chi connectivity index (χ2v) is 18.1. The zero-order chi connectivity index (χ0) is 33.2. The molecule has 0 bridgehead atoms. The first-order valence-electron chi connectivity index (χ1n) is 17.3. The van der Waals surface area contributed by atoms with Crippen molar-refractivity contribution >= 4 is 23.7 Å². The van der Waals surface area contributed by atoms with Crippen molar-refractivity contribution in [1.82, 2.24) is 4.84 Å². The van der Waals surface area contributed by atoms with E-state index in [2.05, 4.69) is 39.5 Å². The van der Waals surface area contributed by atoms with Crippen LogP contribution in [0.5, 0.6) is 0 Å². The molecule has 256 valence electrons. The van der Waals surface area contributed by atoms with Gasteiger partial charge in [0.25, 0.3) is 0 Å². The molecule has 0 aromatic carbocycles. The third kappa shape index (κ3) is 4.63. The number of aliphatic hydroxyl groups is 3. The van der Waals surface area contributed by atoms with E-state index in [0.29, 0.717) is 19.3 Å². The van der Waals surface area contributed by atoms with Gasteiger partial charge < -0.3 is 29.9 Å². The number of carbonyl (C=O) groups is 2. The number of carboxylic acid groups (broad SMARTS) is 1. The van der Waals surface area contributed by atoms with Crippen LogP contribution in [0.4, 0.5) is 0 Å². The monoisotopic (exact) mass is 653 g/mol. The molecule has 0 amide bonds. The molecule has 6 rings (SSSR count). The molecule has 1 heterocycles. The number of hydrogen-bond acceptors (Lipinski definition) is 8. The standard InChI is InChI=1S/C35H56ClNO8/c1-29(2)23(39)10-13-35-18-34(35)15-14-31(5)27(33(7)12-11-24(45-33)30(3,4)43)21(44-28(42)19(37-36)8-9-25(40)41)17-32(31,6)22(34)16-20(38)26(29)35/h19-24,26-27,37-39,43H,8-18H2,1-7H3,(H,40,41)/t19-,20-,21-,22?,23-,24-,26-,27?,31+,32-,33+,34?,35+/m0/s1. The predicted molar refractivity (Wildman–Crippen MR) is 168 cm³/mol. The van der Waals surface area contributed by atoms with E-state index in [1.807, 2.05) is 0 Å². The average Bonchev–Trinajstić information content (AvgIpc) is 3.27. The van der Waals surface area contributed by atoms with E-state index in [4.69, 9.17) is 21.3 Å². The van der Waals surface area contributed by atoms with Gasteiger partial charge in [-0.15, -0.1) is 0 Å². The molecule has 3 unspecified atom stereocenters. The van der Waals surface area contributed by atoms with Crippen molar-refractivity contribution < 1.29 is 39.5 Å². The number of carboxylic acids is 1. The number of fused-ring (bicyclic) bond motifs is 2. The first-order valence-corrected chi connectivity index (χ1v) is 17.6. The van der Waals surface area contributed by atoms with Crippen LogP contribution < -0.4 is 4.84 Å². The SMILES string of the molecule is CC(C)(O)[C@@H]1CC[C@](C)(C2[C@@H](OC(=O)[C@H](CCC(=O)O)NCl)C[C@@]3(C)C4C[C@H](O)[C@H]5C(C)(C)[C@@H](O)CC[C@@]56CC46CC[C@]23C)O1. The Labute approximate surface area is 273 Å². The molecule has 6 aliphatic rings. The van der Waals surface area contributed by atoms with Gasteiger partial charge in [-0.05, 0) is 136 Å². The van der Waals surface area contributed by atoms with E-state index >= 15 is 0 Å². The minimum absolute atomic E-state index is 0.0108. The van der Waals surface area contributed by atoms with Gasteiger partial charge in [0.1, 0.15) is 12.1 Å². The molecule has 0 radical (unpaired) electrons. The predicted octanol–water partition coefficient (Wildman–Crippen LogP) is 4.96. The van der Waals surface area contributed by atoms with Crippen LogP contribution in [0.25, 0.3) is 0 Å². The summed E-state index contributed by atoms with van der Waals surface area (Å²) in [5, 5.41) is 43.2. The van der Waals surface area contributed by atoms with Crippen LogP contribution in [-0.4, -0.2) is 74.0 Å². The maximum Gasteiger partial charge on any atom is 0.324 e. The summed E-state index contributed by atoms with van der Waals surface area (Å²) in [4.78, 5) is 27.4. The zero-order valence-corrected chi connectivity index (χ0v) is 29.0. The third-order valence-electron chi connectivity index (χ3n) is 15.1. The lowest BCUT2D eigenvalue weighted by Gasteiger charge is -2.64. The number of rotatable bonds is 8. The molecule has 0 aromatic heterocycles. The van der Waals surface area contributed by atoms with E-state index in [1.54, 1.807) is 13.8 Å². The molecule has 5 aliphatic carbocycles. The normalized spacial score (nSPS) is 50.5. The van der Waals surface area contributed by atoms with E-state index in [-0.39, 0.29) is 63.8 Å². The Bertz CT molecular complexity index is 1220. The van der Waals surface area contributed by atoms with Crippen molar-refractivity contribution in [3.05, 3.63) is 0 Å². The smallest absolute Gasteiger partial charge is 0.324 e. The highest BCUT2D eigenvalue weighted by molar-refractivity contribution is 6.14. The third-order valence-corrected chi connectivity index (χ3v) is 15.3. The highest BCUT2D eigenvalue weighted by Crippen LogP contribution is 2.89. The Morgan fingerprint density at radius 3 is 2.29 bits per heavy atom. The second kappa shape index (κ2) is 10.5. The lowest BCUT2D eigenvalue weighted by molar-refractivity contribution is -0.214. The summed E-state index contributed by atoms with van der Waals surface area (Å²) in [6, 6.07) is -0.959. The zero-order valence-electron chi connectivity index (χ0n) is 28.2. The fraction of sp³-hybridized carbons (Fsp3) is 0.943. The Hall–Kier alpha value is -0.970. The molecule has 2 spiro atoms. The van der Waals surface area contributed by atoms with Crippen molar-refractivity contribution in [2.75, 3.05) is 0 Å². The minimum Gasteiger partial charge on any atom is -0.481 e. The highest BCUT2D eigenvalue weighted by atomic mass is 35.5. The quantitative estimate of drug-likeness (QED) is 0.181. The van der Waals surface area contributed by atoms with Crippen molar-refractivity contribution in [2.45, 2.75) is 161 Å². The van der Waals surface area contributed by atoms with Gasteiger partial charge >= 0.3 is 11.9 Å². The highest BCUT2D eigenvalue weighted by Gasteiger charge is 2.85. The number of halogens is 1. The molecule has 45 heavy (non-hydrogen) atoms. The van der Waals surface area contributed by atoms with Crippen LogP contribution in [-0.2, 0) is 19.1 Å². The van der Waals surface area contributed by atoms with Crippen LogP contribution in [0.2, 0.25) is 0 Å². The van der Waals surface area contributed by atoms with Crippen molar-refractivity contribution in [3.63, 3.8) is 0 Å². The summed E-state index contributed by atoms with van der Waals surface area (Å²) in [6.45, 7) is 14.6. The van der Waals surface area contributed by atoms with Gasteiger partial charge in [0, 0.05) is 12.3 Å². The molecule has 10 heteroatoms. The van der Waals surface area contributed by atoms with Crippen LogP contribution >= 0.6 is 11.8 Å². The maximum absolute atomic E-state index is 13.6. The molecule has 1 aliphatic heterocycles. The Balaban J connectivity index is 1.38. The van der Waals surface area contributed by atoms with Crippen LogP contribution in [0.15, 0.2) is 0 Å². The number of aliphatic carboxylic acids is 1. The summed E-state index contributed by atoms with van der Waals surface area (Å²) in [5.41, 5.74) is -2.51. The number of aliphatic hydroxyl groups excluding tert-OH is 2. The number of esters is 1. The number of carbonyl (C=O) groups excluding carboxylic acids is 1. The average molecular weight is 654 g/mol. The fourth-order valence-electron chi connectivity index (χ4n) is 12.9. The Morgan fingerprint density at radius 1 is 1.00 bits per heavy atom. The largest absolute Gasteiger partial charge is 0.481 e. The van der Waals surface area contributed by atoms with Gasteiger partial charge in [0.2, 0.25) is 0 Å². The van der Waals surface area contributed by atoms with E-state index < -0.39 is 47.5 Å². The van der Waals surface area contributed by atoms with Gasteiger partial charge in [-0.3, -0.25) is 9.59 Å². The number of ether oxygens (including phenoxy) is 2. The van der Waals surface area contributed by atoms with Crippen LogP contribution in [0, 0.1) is 44.8 Å². The molecule has 1 saturated heterocycles. The van der Waals surface area contributed by atoms with E-state index in [9.17, 15) is 30.0 Å². The van der Waals surface area contributed by atoms with Gasteiger partial charge in [-0.2, -0.15) is 0 Å². The fourth-order valence-corrected chi connectivity index (χ4v) is 13.1. The van der Waals surface area contributed by atoms with Gasteiger partial charge in [0.05, 0.1) is 29.5 Å². The van der Waals surface area contributed by atoms with E-state index in [1.165, 1.54) is 0 Å². The lowest BCUT2D eigenvalue weighted by Crippen LogP contribution is -2.62. The topological polar surface area (TPSA) is 146 Å². The second-order valence-electron chi connectivity index (χ2n) is 17.9. The molecule has 0 aromatic rings. The van der Waals surface area contributed by atoms with Gasteiger partial charge in [-0.1, -0.05) is 27.7 Å². The molecular formula is C35H56ClNO8. The maximum atomic E-state index is 13.6. The molecule has 9 nitrogen and oxygen atoms in total. The molecule has 6 fully saturated rings. The molecule has 5 saturated carbocycles. The Kier molecular flexibility index (Phi) is 7.92. The lowest BCUT2D eigenvalue weighted by atomic mass is 9.41. The summed E-state index contributed by atoms with van der Waals surface area (Å²) in [5.74, 6) is -1.47. The molecular weight excluding hydrogens is 598 g/mol. The number of nitrogens with one attached hydrogen (secondary N) is 1. The van der Waals surface area contributed by atoms with Gasteiger partial charge in [0.15, 0.2) is 0 Å². The van der Waals surface area contributed by atoms with Crippen molar-refractivity contribution in [2.24, 2.45) is 44.8 Å². The summed E-state index contributed by atoms with van der Waals surface area (Å²) >= 11 is 5.95. The van der Waals surface area contributed by atoms with Crippen molar-refractivity contribution in [3.8, 4) is 0 Å². The first kappa shape index (κ1) is 33.9. The summed E-state index contributed by atoms with van der Waals surface area (Å²) in [6.07, 6.45) is 5.45. The first-order chi connectivity index (χ1) is 20.7. The Morgan fingerprint density at radius 2 is 1.69 bits per heavy atom.